The third-order valence-electron chi connectivity index (χ3n) is 2.80. The molecule has 2 rings (SSSR count). The summed E-state index contributed by atoms with van der Waals surface area (Å²) in [6, 6.07) is 0. The summed E-state index contributed by atoms with van der Waals surface area (Å²) in [5.41, 5.74) is 0.294. The number of rotatable bonds is 2. The maximum atomic E-state index is 5.70. The fourth-order valence-corrected chi connectivity index (χ4v) is 3.03. The minimum absolute atomic E-state index is 0.294. The first-order chi connectivity index (χ1) is 6.24. The van der Waals surface area contributed by atoms with E-state index in [9.17, 15) is 0 Å². The first-order valence-electron chi connectivity index (χ1n) is 4.63. The van der Waals surface area contributed by atoms with Crippen LogP contribution in [0.5, 0.6) is 0 Å². The molecular formula is C9H13ClN2S. The van der Waals surface area contributed by atoms with Crippen molar-refractivity contribution >= 4 is 22.9 Å². The second-order valence-corrected chi connectivity index (χ2v) is 5.23. The fraction of sp³-hybridized carbons (Fsp3) is 0.778. The largest absolute Gasteiger partial charge is 0.143 e. The lowest BCUT2D eigenvalue weighted by Crippen LogP contribution is -2.16. The summed E-state index contributed by atoms with van der Waals surface area (Å²) >= 11 is 7.38. The molecule has 0 aromatic carbocycles. The lowest BCUT2D eigenvalue weighted by molar-refractivity contribution is 0.484. The molecule has 1 aliphatic rings. The monoisotopic (exact) mass is 216 g/mol. The van der Waals surface area contributed by atoms with Gasteiger partial charge in [-0.2, -0.15) is 0 Å². The topological polar surface area (TPSA) is 25.8 Å². The Balaban J connectivity index is 2.23. The fourth-order valence-electron chi connectivity index (χ4n) is 1.92. The van der Waals surface area contributed by atoms with E-state index in [1.54, 1.807) is 11.3 Å². The predicted molar refractivity (Wildman–Crippen MR) is 55.3 cm³/mol. The Morgan fingerprint density at radius 1 is 1.38 bits per heavy atom. The number of nitrogens with zero attached hydrogens (tertiary/aromatic N) is 2. The van der Waals surface area contributed by atoms with Gasteiger partial charge in [-0.3, -0.25) is 0 Å². The average molecular weight is 217 g/mol. The Hall–Kier alpha value is -0.150. The van der Waals surface area contributed by atoms with Crippen LogP contribution in [-0.2, 0) is 11.3 Å². The van der Waals surface area contributed by atoms with Crippen LogP contribution in [0.25, 0.3) is 0 Å². The van der Waals surface area contributed by atoms with Crippen molar-refractivity contribution in [3.05, 3.63) is 10.0 Å². The highest BCUT2D eigenvalue weighted by Gasteiger charge is 2.33. The van der Waals surface area contributed by atoms with Crippen molar-refractivity contribution in [2.45, 2.75) is 43.9 Å². The smallest absolute Gasteiger partial charge is 0.132 e. The first kappa shape index (κ1) is 9.41. The van der Waals surface area contributed by atoms with Crippen molar-refractivity contribution in [1.29, 1.82) is 0 Å². The van der Waals surface area contributed by atoms with Gasteiger partial charge < -0.3 is 0 Å². The highest BCUT2D eigenvalue weighted by Crippen LogP contribution is 2.41. The van der Waals surface area contributed by atoms with Crippen LogP contribution < -0.4 is 0 Å². The number of hydrogen-bond donors (Lipinski definition) is 0. The van der Waals surface area contributed by atoms with E-state index in [-0.39, 0.29) is 0 Å². The van der Waals surface area contributed by atoms with E-state index in [0.29, 0.717) is 11.3 Å². The summed E-state index contributed by atoms with van der Waals surface area (Å²) in [7, 11) is 0. The zero-order valence-electron chi connectivity index (χ0n) is 7.72. The highest BCUT2D eigenvalue weighted by atomic mass is 35.5. The quantitative estimate of drug-likeness (QED) is 0.710. The van der Waals surface area contributed by atoms with E-state index in [2.05, 4.69) is 17.1 Å². The molecule has 1 heterocycles. The van der Waals surface area contributed by atoms with Gasteiger partial charge in [0.15, 0.2) is 0 Å². The van der Waals surface area contributed by atoms with Crippen LogP contribution in [0.15, 0.2) is 0 Å². The van der Waals surface area contributed by atoms with E-state index < -0.39 is 0 Å². The van der Waals surface area contributed by atoms with E-state index in [1.807, 2.05) is 0 Å². The van der Waals surface area contributed by atoms with Crippen LogP contribution in [0.4, 0.5) is 0 Å². The molecule has 2 nitrogen and oxygen atoms in total. The van der Waals surface area contributed by atoms with Gasteiger partial charge in [-0.25, -0.2) is 0 Å². The summed E-state index contributed by atoms with van der Waals surface area (Å²) in [4.78, 5) is 0. The van der Waals surface area contributed by atoms with Crippen molar-refractivity contribution in [2.75, 3.05) is 0 Å². The summed E-state index contributed by atoms with van der Waals surface area (Å²) in [5.74, 6) is 0.494. The van der Waals surface area contributed by atoms with Crippen LogP contribution in [0.3, 0.4) is 0 Å². The molecule has 13 heavy (non-hydrogen) atoms. The molecule has 0 unspecified atom stereocenters. The van der Waals surface area contributed by atoms with Crippen LogP contribution >= 0.6 is 22.9 Å². The molecule has 4 heteroatoms. The molecule has 0 aliphatic heterocycles. The van der Waals surface area contributed by atoms with Gasteiger partial charge in [0.2, 0.25) is 0 Å². The molecule has 0 radical (unpaired) electrons. The third kappa shape index (κ3) is 1.72. The van der Waals surface area contributed by atoms with Crippen LogP contribution in [-0.4, -0.2) is 10.2 Å². The molecule has 1 saturated carbocycles. The van der Waals surface area contributed by atoms with Crippen molar-refractivity contribution < 1.29 is 0 Å². The second-order valence-electron chi connectivity index (χ2n) is 3.90. The summed E-state index contributed by atoms with van der Waals surface area (Å²) in [5, 5.41) is 10.4. The van der Waals surface area contributed by atoms with Gasteiger partial charge in [-0.05, 0) is 12.8 Å². The molecule has 0 N–H and O–H groups in total. The van der Waals surface area contributed by atoms with E-state index in [0.717, 1.165) is 5.01 Å². The lowest BCUT2D eigenvalue weighted by Gasteiger charge is -2.18. The molecule has 1 fully saturated rings. The molecule has 1 aromatic rings. The molecule has 1 aliphatic carbocycles. The van der Waals surface area contributed by atoms with Gasteiger partial charge in [0.1, 0.15) is 10.0 Å². The van der Waals surface area contributed by atoms with Crippen LogP contribution in [0.2, 0.25) is 0 Å². The maximum Gasteiger partial charge on any atom is 0.132 e. The van der Waals surface area contributed by atoms with E-state index in [4.69, 9.17) is 11.6 Å². The lowest BCUT2D eigenvalue weighted by atomic mass is 9.90. The van der Waals surface area contributed by atoms with E-state index in [1.165, 1.54) is 30.7 Å². The molecule has 0 amide bonds. The van der Waals surface area contributed by atoms with Crippen molar-refractivity contribution in [3.8, 4) is 0 Å². The summed E-state index contributed by atoms with van der Waals surface area (Å²) in [6.45, 7) is 2.29. The second kappa shape index (κ2) is 3.54. The summed E-state index contributed by atoms with van der Waals surface area (Å²) < 4.78 is 0. The Bertz CT molecular complexity index is 292. The zero-order chi connectivity index (χ0) is 9.31. The zero-order valence-corrected chi connectivity index (χ0v) is 9.29. The maximum absolute atomic E-state index is 5.70. The van der Waals surface area contributed by atoms with Gasteiger partial charge in [0.05, 0.1) is 5.88 Å². The Morgan fingerprint density at radius 3 is 2.62 bits per heavy atom. The molecule has 0 spiro atoms. The van der Waals surface area contributed by atoms with Gasteiger partial charge >= 0.3 is 0 Å². The Kier molecular flexibility index (Phi) is 2.56. The van der Waals surface area contributed by atoms with Gasteiger partial charge in [0, 0.05) is 5.41 Å². The van der Waals surface area contributed by atoms with Crippen molar-refractivity contribution in [2.24, 2.45) is 0 Å². The van der Waals surface area contributed by atoms with Crippen LogP contribution in [0, 0.1) is 0 Å². The standard InChI is InChI=1S/C9H13ClN2S/c1-9(4-2-3-5-9)8-12-11-7(6-10)13-8/h2-6H2,1H3. The molecular weight excluding hydrogens is 204 g/mol. The number of aromatic nitrogens is 2. The molecule has 72 valence electrons. The Labute approximate surface area is 87.3 Å². The molecule has 0 atom stereocenters. The molecule has 0 saturated heterocycles. The van der Waals surface area contributed by atoms with Crippen molar-refractivity contribution in [3.63, 3.8) is 0 Å². The Morgan fingerprint density at radius 2 is 2.08 bits per heavy atom. The minimum atomic E-state index is 0.294. The number of halogens is 1. The normalized spacial score (nSPS) is 20.8. The number of alkyl halides is 1. The van der Waals surface area contributed by atoms with Crippen molar-refractivity contribution in [1.82, 2.24) is 10.2 Å². The first-order valence-corrected chi connectivity index (χ1v) is 5.98. The predicted octanol–water partition coefficient (Wildman–Crippen LogP) is 3.11. The average Bonchev–Trinajstić information content (AvgIpc) is 2.72. The molecule has 1 aromatic heterocycles. The SMILES string of the molecule is CC1(c2nnc(CCl)s2)CCCC1. The molecule has 0 bridgehead atoms. The van der Waals surface area contributed by atoms with Gasteiger partial charge in [0.25, 0.3) is 0 Å². The van der Waals surface area contributed by atoms with Crippen LogP contribution in [0.1, 0.15) is 42.6 Å². The van der Waals surface area contributed by atoms with Gasteiger partial charge in [-0.15, -0.1) is 21.8 Å². The van der Waals surface area contributed by atoms with E-state index >= 15 is 0 Å². The number of hydrogen-bond acceptors (Lipinski definition) is 3. The third-order valence-corrected chi connectivity index (χ3v) is 4.45. The van der Waals surface area contributed by atoms with Gasteiger partial charge in [-0.1, -0.05) is 31.1 Å². The summed E-state index contributed by atoms with van der Waals surface area (Å²) in [6.07, 6.45) is 5.16. The minimum Gasteiger partial charge on any atom is -0.143 e. The highest BCUT2D eigenvalue weighted by molar-refractivity contribution is 7.11.